The maximum absolute atomic E-state index is 12.1. The maximum atomic E-state index is 12.1. The third kappa shape index (κ3) is 4.35. The molecule has 1 N–H and O–H groups in total. The Balaban J connectivity index is 1.99. The van der Waals surface area contributed by atoms with Crippen LogP contribution in [0.2, 0.25) is 0 Å². The lowest BCUT2D eigenvalue weighted by Gasteiger charge is -2.06. The number of nitrogens with one attached hydrogen (secondary N) is 1. The smallest absolute Gasteiger partial charge is 0.289 e. The standard InChI is InChI=1S/C16H15N3O5/c20-16(17-10-4-7-12-5-2-1-3-6-12)14-9-8-13(18(21)22)11-15(14)19(23)24/h1-3,5-6,8-9,11H,4,7,10H2,(H,17,20). The van der Waals surface area contributed by atoms with E-state index in [9.17, 15) is 25.0 Å². The predicted octanol–water partition coefficient (Wildman–Crippen LogP) is 2.87. The minimum atomic E-state index is -0.800. The Morgan fingerprint density at radius 2 is 1.71 bits per heavy atom. The van der Waals surface area contributed by atoms with E-state index in [1.165, 1.54) is 0 Å². The van der Waals surface area contributed by atoms with Crippen LogP contribution in [0.15, 0.2) is 48.5 Å². The van der Waals surface area contributed by atoms with Crippen molar-refractivity contribution >= 4 is 17.3 Å². The highest BCUT2D eigenvalue weighted by Crippen LogP contribution is 2.24. The van der Waals surface area contributed by atoms with Crippen LogP contribution in [-0.2, 0) is 6.42 Å². The van der Waals surface area contributed by atoms with Gasteiger partial charge in [-0.25, -0.2) is 0 Å². The van der Waals surface area contributed by atoms with E-state index in [1.807, 2.05) is 30.3 Å². The van der Waals surface area contributed by atoms with Crippen LogP contribution in [0.3, 0.4) is 0 Å². The van der Waals surface area contributed by atoms with Gasteiger partial charge in [0.05, 0.1) is 15.9 Å². The fourth-order valence-corrected chi connectivity index (χ4v) is 2.21. The molecule has 0 bridgehead atoms. The summed E-state index contributed by atoms with van der Waals surface area (Å²) in [5.74, 6) is -0.621. The Morgan fingerprint density at radius 1 is 1.00 bits per heavy atom. The Labute approximate surface area is 137 Å². The highest BCUT2D eigenvalue weighted by molar-refractivity contribution is 5.98. The van der Waals surface area contributed by atoms with Crippen molar-refractivity contribution in [2.24, 2.45) is 0 Å². The van der Waals surface area contributed by atoms with Gasteiger partial charge in [-0.2, -0.15) is 0 Å². The third-order valence-electron chi connectivity index (χ3n) is 3.40. The first-order chi connectivity index (χ1) is 11.5. The zero-order valence-electron chi connectivity index (χ0n) is 12.7. The molecule has 8 heteroatoms. The average Bonchev–Trinajstić information content (AvgIpc) is 2.58. The minimum absolute atomic E-state index is 0.190. The lowest BCUT2D eigenvalue weighted by molar-refractivity contribution is -0.394. The van der Waals surface area contributed by atoms with Gasteiger partial charge in [-0.15, -0.1) is 0 Å². The second-order valence-electron chi connectivity index (χ2n) is 5.06. The van der Waals surface area contributed by atoms with Crippen molar-refractivity contribution in [3.63, 3.8) is 0 Å². The first-order valence-corrected chi connectivity index (χ1v) is 7.24. The van der Waals surface area contributed by atoms with Gasteiger partial charge in [-0.05, 0) is 24.5 Å². The van der Waals surface area contributed by atoms with Gasteiger partial charge in [-0.1, -0.05) is 30.3 Å². The molecule has 0 aromatic heterocycles. The van der Waals surface area contributed by atoms with Gasteiger partial charge in [0.15, 0.2) is 0 Å². The summed E-state index contributed by atoms with van der Waals surface area (Å²) >= 11 is 0. The number of nitro groups is 2. The molecule has 0 atom stereocenters. The Morgan fingerprint density at radius 3 is 2.33 bits per heavy atom. The predicted molar refractivity (Wildman–Crippen MR) is 86.8 cm³/mol. The van der Waals surface area contributed by atoms with Gasteiger partial charge in [-0.3, -0.25) is 25.0 Å². The van der Waals surface area contributed by atoms with Crippen molar-refractivity contribution in [3.8, 4) is 0 Å². The molecule has 0 saturated heterocycles. The molecule has 0 saturated carbocycles. The average molecular weight is 329 g/mol. The molecule has 0 spiro atoms. The number of amides is 1. The van der Waals surface area contributed by atoms with E-state index in [4.69, 9.17) is 0 Å². The van der Waals surface area contributed by atoms with Gasteiger partial charge in [0.2, 0.25) is 0 Å². The quantitative estimate of drug-likeness (QED) is 0.476. The van der Waals surface area contributed by atoms with Crippen molar-refractivity contribution in [1.29, 1.82) is 0 Å². The fourth-order valence-electron chi connectivity index (χ4n) is 2.21. The summed E-state index contributed by atoms with van der Waals surface area (Å²) in [5.41, 5.74) is -0.0644. The molecular formula is C16H15N3O5. The summed E-state index contributed by atoms with van der Waals surface area (Å²) in [6.07, 6.45) is 1.44. The summed E-state index contributed by atoms with van der Waals surface area (Å²) in [5, 5.41) is 24.3. The molecule has 24 heavy (non-hydrogen) atoms. The summed E-state index contributed by atoms with van der Waals surface area (Å²) < 4.78 is 0. The first-order valence-electron chi connectivity index (χ1n) is 7.24. The highest BCUT2D eigenvalue weighted by Gasteiger charge is 2.23. The van der Waals surface area contributed by atoms with Gasteiger partial charge in [0.25, 0.3) is 17.3 Å². The van der Waals surface area contributed by atoms with E-state index in [-0.39, 0.29) is 5.56 Å². The van der Waals surface area contributed by atoms with Crippen molar-refractivity contribution in [2.45, 2.75) is 12.8 Å². The molecule has 0 unspecified atom stereocenters. The van der Waals surface area contributed by atoms with Gasteiger partial charge < -0.3 is 5.32 Å². The molecule has 0 heterocycles. The Kier molecular flexibility index (Phi) is 5.56. The highest BCUT2D eigenvalue weighted by atomic mass is 16.6. The molecule has 1 amide bonds. The zero-order chi connectivity index (χ0) is 17.5. The normalized spacial score (nSPS) is 10.2. The van der Waals surface area contributed by atoms with Crippen LogP contribution in [0.4, 0.5) is 11.4 Å². The van der Waals surface area contributed by atoms with Crippen molar-refractivity contribution in [2.75, 3.05) is 6.54 Å². The van der Waals surface area contributed by atoms with Crippen LogP contribution in [0.1, 0.15) is 22.3 Å². The van der Waals surface area contributed by atoms with Gasteiger partial charge in [0, 0.05) is 12.6 Å². The van der Waals surface area contributed by atoms with E-state index in [0.717, 1.165) is 30.2 Å². The fraction of sp³-hybridized carbons (Fsp3) is 0.188. The van der Waals surface area contributed by atoms with E-state index in [2.05, 4.69) is 5.32 Å². The number of hydrogen-bond donors (Lipinski definition) is 1. The van der Waals surface area contributed by atoms with E-state index in [0.29, 0.717) is 13.0 Å². The van der Waals surface area contributed by atoms with Crippen molar-refractivity contribution in [3.05, 3.63) is 79.9 Å². The molecule has 2 aromatic carbocycles. The van der Waals surface area contributed by atoms with Gasteiger partial charge in [0.1, 0.15) is 5.56 Å². The molecule has 2 aromatic rings. The number of carbonyl (C=O) groups is 1. The first kappa shape index (κ1) is 17.1. The summed E-state index contributed by atoms with van der Waals surface area (Å²) in [6.45, 7) is 0.349. The summed E-state index contributed by atoms with van der Waals surface area (Å²) in [4.78, 5) is 32.2. The lowest BCUT2D eigenvalue weighted by atomic mass is 10.1. The Hall–Kier alpha value is -3.29. The van der Waals surface area contributed by atoms with Crippen molar-refractivity contribution in [1.82, 2.24) is 5.32 Å². The number of non-ortho nitro benzene ring substituents is 1. The van der Waals surface area contributed by atoms with E-state index >= 15 is 0 Å². The van der Waals surface area contributed by atoms with Crippen LogP contribution in [0.5, 0.6) is 0 Å². The van der Waals surface area contributed by atoms with Gasteiger partial charge >= 0.3 is 0 Å². The molecule has 0 aliphatic carbocycles. The zero-order valence-corrected chi connectivity index (χ0v) is 12.7. The summed E-state index contributed by atoms with van der Waals surface area (Å²) in [6, 6.07) is 12.7. The van der Waals surface area contributed by atoms with Crippen LogP contribution in [0.25, 0.3) is 0 Å². The number of hydrogen-bond acceptors (Lipinski definition) is 5. The molecular weight excluding hydrogens is 314 g/mol. The monoisotopic (exact) mass is 329 g/mol. The Bertz CT molecular complexity index is 762. The molecule has 0 aliphatic heterocycles. The van der Waals surface area contributed by atoms with Crippen LogP contribution < -0.4 is 5.32 Å². The van der Waals surface area contributed by atoms with E-state index < -0.39 is 27.1 Å². The van der Waals surface area contributed by atoms with Crippen LogP contribution >= 0.6 is 0 Å². The number of nitro benzene ring substituents is 2. The number of carbonyl (C=O) groups excluding carboxylic acids is 1. The number of benzene rings is 2. The molecule has 8 nitrogen and oxygen atoms in total. The third-order valence-corrected chi connectivity index (χ3v) is 3.40. The second kappa shape index (κ2) is 7.82. The lowest BCUT2D eigenvalue weighted by Crippen LogP contribution is -2.25. The molecule has 0 aliphatic rings. The van der Waals surface area contributed by atoms with Crippen LogP contribution in [-0.4, -0.2) is 22.3 Å². The van der Waals surface area contributed by atoms with Crippen LogP contribution in [0, 0.1) is 20.2 Å². The SMILES string of the molecule is O=C(NCCCc1ccccc1)c1ccc([N+](=O)[O-])cc1[N+](=O)[O-]. The van der Waals surface area contributed by atoms with E-state index in [1.54, 1.807) is 0 Å². The van der Waals surface area contributed by atoms with Crippen molar-refractivity contribution < 1.29 is 14.6 Å². The number of nitrogens with zero attached hydrogens (tertiary/aromatic N) is 2. The largest absolute Gasteiger partial charge is 0.352 e. The second-order valence-corrected chi connectivity index (χ2v) is 5.06. The summed E-state index contributed by atoms with van der Waals surface area (Å²) in [7, 11) is 0. The topological polar surface area (TPSA) is 115 Å². The molecule has 124 valence electrons. The number of rotatable bonds is 7. The number of aryl methyl sites for hydroxylation is 1. The molecule has 0 radical (unpaired) electrons. The molecule has 0 fully saturated rings. The minimum Gasteiger partial charge on any atom is -0.352 e. The maximum Gasteiger partial charge on any atom is 0.289 e. The molecule has 2 rings (SSSR count).